The Morgan fingerprint density at radius 2 is 1.67 bits per heavy atom. The number of carbonyl (C=O) groups is 2. The minimum absolute atomic E-state index is 0.0789. The Balaban J connectivity index is 1.20. The van der Waals surface area contributed by atoms with Crippen molar-refractivity contribution in [2.75, 3.05) is 13.1 Å². The maximum absolute atomic E-state index is 14.1. The lowest BCUT2D eigenvalue weighted by Crippen LogP contribution is -2.51. The molecule has 0 unspecified atom stereocenters. The summed E-state index contributed by atoms with van der Waals surface area (Å²) in [5, 5.41) is 4.51. The first-order valence-corrected chi connectivity index (χ1v) is 12.6. The third-order valence-corrected chi connectivity index (χ3v) is 6.99. The van der Waals surface area contributed by atoms with Crippen molar-refractivity contribution in [2.45, 2.75) is 44.1 Å². The van der Waals surface area contributed by atoms with Gasteiger partial charge in [-0.25, -0.2) is 9.40 Å². The highest BCUT2D eigenvalue weighted by Gasteiger charge is 2.31. The van der Waals surface area contributed by atoms with Gasteiger partial charge in [-0.1, -0.05) is 11.6 Å². The summed E-state index contributed by atoms with van der Waals surface area (Å²) < 4.78 is 56.7. The SMILES string of the molecule is O=C(NN1CCC(NC(=O)c2cn(C3CC3)c3cc(Cl)c(F)cc3c2=O)CC1)c1ccc(OC(F)(F)F)cc1. The molecule has 8 nitrogen and oxygen atoms in total. The first-order chi connectivity index (χ1) is 18.5. The van der Waals surface area contributed by atoms with Gasteiger partial charge in [0.15, 0.2) is 0 Å². The van der Waals surface area contributed by atoms with E-state index < -0.39 is 35.2 Å². The fourth-order valence-electron chi connectivity index (χ4n) is 4.58. The number of nitrogens with zero attached hydrogens (tertiary/aromatic N) is 2. The minimum Gasteiger partial charge on any atom is -0.406 e. The average Bonchev–Trinajstić information content (AvgIpc) is 3.71. The minimum atomic E-state index is -4.82. The molecular formula is C26H23ClF4N4O4. The van der Waals surface area contributed by atoms with Crippen LogP contribution in [0, 0.1) is 5.82 Å². The number of piperidine rings is 1. The van der Waals surface area contributed by atoms with Gasteiger partial charge >= 0.3 is 6.36 Å². The van der Waals surface area contributed by atoms with Gasteiger partial charge < -0.3 is 14.6 Å². The molecule has 39 heavy (non-hydrogen) atoms. The van der Waals surface area contributed by atoms with E-state index in [0.29, 0.717) is 31.4 Å². The van der Waals surface area contributed by atoms with Crippen molar-refractivity contribution in [1.29, 1.82) is 0 Å². The predicted molar refractivity (Wildman–Crippen MR) is 134 cm³/mol. The van der Waals surface area contributed by atoms with E-state index in [1.807, 2.05) is 0 Å². The lowest BCUT2D eigenvalue weighted by atomic mass is 10.0. The van der Waals surface area contributed by atoms with Crippen molar-refractivity contribution in [3.05, 3.63) is 74.8 Å². The van der Waals surface area contributed by atoms with Crippen LogP contribution in [0.3, 0.4) is 0 Å². The maximum atomic E-state index is 14.1. The first kappa shape index (κ1) is 26.9. The van der Waals surface area contributed by atoms with E-state index in [0.717, 1.165) is 31.0 Å². The molecule has 1 aromatic heterocycles. The molecule has 0 bridgehead atoms. The lowest BCUT2D eigenvalue weighted by Gasteiger charge is -2.32. The van der Waals surface area contributed by atoms with Gasteiger partial charge in [0.1, 0.15) is 17.1 Å². The fraction of sp³-hybridized carbons (Fsp3) is 0.346. The van der Waals surface area contributed by atoms with Crippen LogP contribution in [0.5, 0.6) is 5.75 Å². The van der Waals surface area contributed by atoms with Crippen LogP contribution < -0.4 is 20.9 Å². The van der Waals surface area contributed by atoms with Gasteiger partial charge in [0.25, 0.3) is 11.8 Å². The molecule has 1 aliphatic heterocycles. The number of ether oxygens (including phenoxy) is 1. The number of fused-ring (bicyclic) bond motifs is 1. The van der Waals surface area contributed by atoms with E-state index in [4.69, 9.17) is 11.6 Å². The summed E-state index contributed by atoms with van der Waals surface area (Å²) in [4.78, 5) is 38.6. The zero-order chi connectivity index (χ0) is 27.9. The van der Waals surface area contributed by atoms with Crippen molar-refractivity contribution < 1.29 is 31.9 Å². The Morgan fingerprint density at radius 3 is 2.28 bits per heavy atom. The van der Waals surface area contributed by atoms with Gasteiger partial charge in [0.05, 0.1) is 10.5 Å². The maximum Gasteiger partial charge on any atom is 0.573 e. The number of hydrazine groups is 1. The molecule has 1 saturated heterocycles. The van der Waals surface area contributed by atoms with Gasteiger partial charge in [-0.2, -0.15) is 0 Å². The molecule has 0 radical (unpaired) electrons. The Bertz CT molecular complexity index is 1480. The number of amides is 2. The molecule has 3 aromatic rings. The van der Waals surface area contributed by atoms with Gasteiger partial charge in [-0.05, 0) is 62.1 Å². The van der Waals surface area contributed by atoms with Crippen LogP contribution in [0.2, 0.25) is 5.02 Å². The molecule has 0 spiro atoms. The number of rotatable bonds is 6. The van der Waals surface area contributed by atoms with E-state index in [9.17, 15) is 31.9 Å². The lowest BCUT2D eigenvalue weighted by molar-refractivity contribution is -0.274. The number of hydrogen-bond donors (Lipinski definition) is 2. The van der Waals surface area contributed by atoms with Crippen LogP contribution in [0.4, 0.5) is 17.6 Å². The van der Waals surface area contributed by atoms with Crippen molar-refractivity contribution in [1.82, 2.24) is 20.3 Å². The number of aromatic nitrogens is 1. The monoisotopic (exact) mass is 566 g/mol. The Morgan fingerprint density at radius 1 is 1.00 bits per heavy atom. The van der Waals surface area contributed by atoms with Gasteiger partial charge in [-0.3, -0.25) is 19.8 Å². The molecule has 1 saturated carbocycles. The van der Waals surface area contributed by atoms with Crippen LogP contribution in [0.25, 0.3) is 10.9 Å². The molecule has 206 valence electrons. The third-order valence-electron chi connectivity index (χ3n) is 6.70. The molecule has 0 atom stereocenters. The topological polar surface area (TPSA) is 92.7 Å². The largest absolute Gasteiger partial charge is 0.573 e. The van der Waals surface area contributed by atoms with E-state index in [1.165, 1.54) is 24.4 Å². The molecule has 2 fully saturated rings. The van der Waals surface area contributed by atoms with Crippen molar-refractivity contribution in [3.63, 3.8) is 0 Å². The molecule has 2 N–H and O–H groups in total. The molecule has 5 rings (SSSR count). The van der Waals surface area contributed by atoms with Gasteiger partial charge in [-0.15, -0.1) is 13.2 Å². The summed E-state index contributed by atoms with van der Waals surface area (Å²) in [6, 6.07) is 6.87. The summed E-state index contributed by atoms with van der Waals surface area (Å²) in [6.07, 6.45) is -0.616. The molecule has 2 aromatic carbocycles. The second-order valence-electron chi connectivity index (χ2n) is 9.54. The van der Waals surface area contributed by atoms with Crippen LogP contribution >= 0.6 is 11.6 Å². The summed E-state index contributed by atoms with van der Waals surface area (Å²) in [7, 11) is 0. The highest BCUT2D eigenvalue weighted by atomic mass is 35.5. The molecule has 2 heterocycles. The van der Waals surface area contributed by atoms with Crippen LogP contribution in [0.15, 0.2) is 47.4 Å². The number of hydrogen-bond acceptors (Lipinski definition) is 5. The zero-order valence-electron chi connectivity index (χ0n) is 20.4. The summed E-state index contributed by atoms with van der Waals surface area (Å²) in [5.41, 5.74) is 2.67. The second-order valence-corrected chi connectivity index (χ2v) is 9.95. The fourth-order valence-corrected chi connectivity index (χ4v) is 4.73. The predicted octanol–water partition coefficient (Wildman–Crippen LogP) is 4.57. The molecule has 2 aliphatic rings. The zero-order valence-corrected chi connectivity index (χ0v) is 21.1. The Hall–Kier alpha value is -3.64. The average molecular weight is 567 g/mol. The van der Waals surface area contributed by atoms with Crippen molar-refractivity contribution >= 4 is 34.3 Å². The van der Waals surface area contributed by atoms with Gasteiger partial charge in [0, 0.05) is 42.3 Å². The number of nitrogens with one attached hydrogen (secondary N) is 2. The number of pyridine rings is 1. The van der Waals surface area contributed by atoms with Crippen molar-refractivity contribution in [3.8, 4) is 5.75 Å². The number of halogens is 5. The summed E-state index contributed by atoms with van der Waals surface area (Å²) in [6.45, 7) is 0.777. The van der Waals surface area contributed by atoms with Crippen LogP contribution in [0.1, 0.15) is 52.4 Å². The molecule has 13 heteroatoms. The normalized spacial score (nSPS) is 16.7. The highest BCUT2D eigenvalue weighted by Crippen LogP contribution is 2.37. The van der Waals surface area contributed by atoms with Crippen LogP contribution in [-0.4, -0.2) is 46.9 Å². The summed E-state index contributed by atoms with van der Waals surface area (Å²) in [5.74, 6) is -2.23. The molecular weight excluding hydrogens is 544 g/mol. The van der Waals surface area contributed by atoms with E-state index >= 15 is 0 Å². The smallest absolute Gasteiger partial charge is 0.406 e. The highest BCUT2D eigenvalue weighted by molar-refractivity contribution is 6.31. The molecule has 2 amide bonds. The molecule has 1 aliphatic carbocycles. The quantitative estimate of drug-likeness (QED) is 0.427. The van der Waals surface area contributed by atoms with E-state index in [1.54, 1.807) is 9.58 Å². The second kappa shape index (κ2) is 10.5. The van der Waals surface area contributed by atoms with Gasteiger partial charge in [0.2, 0.25) is 5.43 Å². The van der Waals surface area contributed by atoms with Crippen LogP contribution in [-0.2, 0) is 0 Å². The van der Waals surface area contributed by atoms with E-state index in [2.05, 4.69) is 15.5 Å². The standard InChI is InChI=1S/C26H23ClF4N4O4/c27-20-12-22-18(11-21(20)28)23(36)19(13-35(22)16-3-4-16)25(38)32-15-7-9-34(10-8-15)33-24(37)14-1-5-17(6-2-14)39-26(29,30)31/h1-2,5-6,11-13,15-16H,3-4,7-10H2,(H,32,38)(H,33,37). The van der Waals surface area contributed by atoms with Crippen molar-refractivity contribution in [2.24, 2.45) is 0 Å². The van der Waals surface area contributed by atoms with E-state index in [-0.39, 0.29) is 33.6 Å². The first-order valence-electron chi connectivity index (χ1n) is 12.2. The summed E-state index contributed by atoms with van der Waals surface area (Å²) >= 11 is 5.93. The Labute approximate surface area is 224 Å². The number of benzene rings is 2. The number of carbonyl (C=O) groups excluding carboxylic acids is 2. The number of alkyl halides is 3. The third kappa shape index (κ3) is 6.17. The Kier molecular flexibility index (Phi) is 7.25.